The van der Waals surface area contributed by atoms with Crippen molar-refractivity contribution in [3.8, 4) is 5.75 Å². The van der Waals surface area contributed by atoms with Crippen LogP contribution < -0.4 is 10.1 Å². The molecule has 15 heavy (non-hydrogen) atoms. The van der Waals surface area contributed by atoms with Gasteiger partial charge in [0.2, 0.25) is 0 Å². The van der Waals surface area contributed by atoms with Crippen LogP contribution in [0.1, 0.15) is 11.3 Å². The highest BCUT2D eigenvalue weighted by Crippen LogP contribution is 2.23. The Labute approximate surface area is 97.3 Å². The van der Waals surface area contributed by atoms with Crippen LogP contribution in [-0.2, 0) is 17.3 Å². The standard InChI is InChI=1S/C10H17NO2S2/c1-13-9-4-6-14-10(9)8-11-5-3-7-15(2)12/h4,6,11H,3,5,7-8H2,1-2H3. The predicted octanol–water partition coefficient (Wildman–Crippen LogP) is 1.61. The number of rotatable bonds is 7. The van der Waals surface area contributed by atoms with Crippen LogP contribution in [0.5, 0.6) is 5.75 Å². The molecule has 0 aliphatic carbocycles. The van der Waals surface area contributed by atoms with Crippen molar-refractivity contribution in [2.45, 2.75) is 13.0 Å². The van der Waals surface area contributed by atoms with Crippen LogP contribution in [0.25, 0.3) is 0 Å². The first-order valence-electron chi connectivity index (χ1n) is 4.85. The normalized spacial score (nSPS) is 12.7. The van der Waals surface area contributed by atoms with Crippen molar-refractivity contribution in [3.05, 3.63) is 16.3 Å². The minimum absolute atomic E-state index is 0.674. The van der Waals surface area contributed by atoms with Gasteiger partial charge in [-0.15, -0.1) is 11.3 Å². The Hall–Kier alpha value is -0.390. The van der Waals surface area contributed by atoms with Gasteiger partial charge in [-0.1, -0.05) is 0 Å². The highest BCUT2D eigenvalue weighted by atomic mass is 32.2. The van der Waals surface area contributed by atoms with Crippen LogP contribution in [0.4, 0.5) is 0 Å². The molecule has 0 saturated carbocycles. The van der Waals surface area contributed by atoms with E-state index in [4.69, 9.17) is 4.74 Å². The first-order valence-corrected chi connectivity index (χ1v) is 7.46. The van der Waals surface area contributed by atoms with Gasteiger partial charge in [0.15, 0.2) is 0 Å². The fraction of sp³-hybridized carbons (Fsp3) is 0.600. The second kappa shape index (κ2) is 6.98. The van der Waals surface area contributed by atoms with Crippen molar-refractivity contribution < 1.29 is 8.95 Å². The predicted molar refractivity (Wildman–Crippen MR) is 66.1 cm³/mol. The number of methoxy groups -OCH3 is 1. The third kappa shape index (κ3) is 4.77. The van der Waals surface area contributed by atoms with E-state index in [2.05, 4.69) is 5.32 Å². The quantitative estimate of drug-likeness (QED) is 0.744. The molecule has 1 heterocycles. The fourth-order valence-electron chi connectivity index (χ4n) is 1.24. The highest BCUT2D eigenvalue weighted by Gasteiger charge is 2.02. The van der Waals surface area contributed by atoms with E-state index in [1.165, 1.54) is 4.88 Å². The number of nitrogens with one attached hydrogen (secondary N) is 1. The van der Waals surface area contributed by atoms with E-state index in [-0.39, 0.29) is 0 Å². The Morgan fingerprint density at radius 3 is 3.07 bits per heavy atom. The molecule has 3 nitrogen and oxygen atoms in total. The Morgan fingerprint density at radius 2 is 2.40 bits per heavy atom. The molecule has 0 spiro atoms. The summed E-state index contributed by atoms with van der Waals surface area (Å²) in [6, 6.07) is 1.97. The van der Waals surface area contributed by atoms with Crippen LogP contribution in [0.2, 0.25) is 0 Å². The van der Waals surface area contributed by atoms with E-state index < -0.39 is 10.8 Å². The zero-order valence-corrected chi connectivity index (χ0v) is 10.7. The summed E-state index contributed by atoms with van der Waals surface area (Å²) in [5, 5.41) is 5.34. The summed E-state index contributed by atoms with van der Waals surface area (Å²) in [5.41, 5.74) is 0. The number of ether oxygens (including phenoxy) is 1. The highest BCUT2D eigenvalue weighted by molar-refractivity contribution is 7.84. The molecule has 86 valence electrons. The molecule has 1 unspecified atom stereocenters. The second-order valence-electron chi connectivity index (χ2n) is 3.22. The SMILES string of the molecule is COc1ccsc1CNCCCS(C)=O. The molecule has 0 aromatic carbocycles. The molecule has 1 aromatic heterocycles. The van der Waals surface area contributed by atoms with Gasteiger partial charge in [0.1, 0.15) is 5.75 Å². The van der Waals surface area contributed by atoms with Crippen molar-refractivity contribution >= 4 is 22.1 Å². The Bertz CT molecular complexity index is 312. The van der Waals surface area contributed by atoms with Crippen LogP contribution in [0.15, 0.2) is 11.4 Å². The summed E-state index contributed by atoms with van der Waals surface area (Å²) in [7, 11) is 1.01. The molecule has 0 aliphatic heterocycles. The third-order valence-corrected chi connectivity index (χ3v) is 3.76. The number of thiophene rings is 1. The molecule has 1 atom stereocenters. The molecule has 0 aliphatic rings. The largest absolute Gasteiger partial charge is 0.496 e. The van der Waals surface area contributed by atoms with Gasteiger partial charge in [-0.25, -0.2) is 0 Å². The van der Waals surface area contributed by atoms with Crippen molar-refractivity contribution in [1.29, 1.82) is 0 Å². The van der Waals surface area contributed by atoms with Gasteiger partial charge in [0.05, 0.1) is 12.0 Å². The molecule has 1 N–H and O–H groups in total. The van der Waals surface area contributed by atoms with E-state index in [9.17, 15) is 4.21 Å². The third-order valence-electron chi connectivity index (χ3n) is 2.00. The lowest BCUT2D eigenvalue weighted by Crippen LogP contribution is -2.16. The molecule has 0 amide bonds. The molecule has 1 aromatic rings. The summed E-state index contributed by atoms with van der Waals surface area (Å²) in [6.07, 6.45) is 2.69. The molecular formula is C10H17NO2S2. The Morgan fingerprint density at radius 1 is 1.60 bits per heavy atom. The van der Waals surface area contributed by atoms with E-state index >= 15 is 0 Å². The van der Waals surface area contributed by atoms with Crippen LogP contribution >= 0.6 is 11.3 Å². The molecule has 0 radical (unpaired) electrons. The first-order chi connectivity index (χ1) is 7.24. The van der Waals surface area contributed by atoms with Crippen LogP contribution in [0.3, 0.4) is 0 Å². The van der Waals surface area contributed by atoms with Crippen molar-refractivity contribution in [3.63, 3.8) is 0 Å². The minimum atomic E-state index is -0.674. The van der Waals surface area contributed by atoms with Gasteiger partial charge < -0.3 is 10.1 Å². The summed E-state index contributed by atoms with van der Waals surface area (Å²) < 4.78 is 16.0. The number of hydrogen-bond donors (Lipinski definition) is 1. The smallest absolute Gasteiger partial charge is 0.134 e. The van der Waals surface area contributed by atoms with Crippen LogP contribution in [-0.4, -0.2) is 29.9 Å². The van der Waals surface area contributed by atoms with E-state index in [1.54, 1.807) is 24.7 Å². The van der Waals surface area contributed by atoms with E-state index in [1.807, 2.05) is 11.4 Å². The lowest BCUT2D eigenvalue weighted by atomic mass is 10.4. The molecule has 1 rings (SSSR count). The van der Waals surface area contributed by atoms with Crippen molar-refractivity contribution in [2.24, 2.45) is 0 Å². The van der Waals surface area contributed by atoms with Gasteiger partial charge in [-0.2, -0.15) is 0 Å². The van der Waals surface area contributed by atoms with Crippen LogP contribution in [0, 0.1) is 0 Å². The van der Waals surface area contributed by atoms with Gasteiger partial charge in [0.25, 0.3) is 0 Å². The first kappa shape index (κ1) is 12.7. The average molecular weight is 247 g/mol. The zero-order chi connectivity index (χ0) is 11.1. The monoisotopic (exact) mass is 247 g/mol. The summed E-state index contributed by atoms with van der Waals surface area (Å²) >= 11 is 1.69. The molecule has 0 bridgehead atoms. The molecular weight excluding hydrogens is 230 g/mol. The average Bonchev–Trinajstić information content (AvgIpc) is 2.64. The van der Waals surface area contributed by atoms with Gasteiger partial charge in [-0.3, -0.25) is 4.21 Å². The number of hydrogen-bond acceptors (Lipinski definition) is 4. The maximum absolute atomic E-state index is 10.8. The topological polar surface area (TPSA) is 38.3 Å². The minimum Gasteiger partial charge on any atom is -0.496 e. The Balaban J connectivity index is 2.17. The lowest BCUT2D eigenvalue weighted by Gasteiger charge is -2.04. The molecule has 5 heteroatoms. The summed E-state index contributed by atoms with van der Waals surface area (Å²) in [6.45, 7) is 1.73. The Kier molecular flexibility index (Phi) is 5.90. The van der Waals surface area contributed by atoms with Crippen molar-refractivity contribution in [2.75, 3.05) is 25.7 Å². The van der Waals surface area contributed by atoms with Gasteiger partial charge in [-0.05, 0) is 24.4 Å². The maximum atomic E-state index is 10.8. The molecule has 0 fully saturated rings. The summed E-state index contributed by atoms with van der Waals surface area (Å²) in [5.74, 6) is 1.72. The van der Waals surface area contributed by atoms with Gasteiger partial charge >= 0.3 is 0 Å². The second-order valence-corrected chi connectivity index (χ2v) is 5.78. The van der Waals surface area contributed by atoms with Gasteiger partial charge in [0, 0.05) is 29.4 Å². The maximum Gasteiger partial charge on any atom is 0.134 e. The van der Waals surface area contributed by atoms with Crippen molar-refractivity contribution in [1.82, 2.24) is 5.32 Å². The lowest BCUT2D eigenvalue weighted by molar-refractivity contribution is 0.410. The summed E-state index contributed by atoms with van der Waals surface area (Å²) in [4.78, 5) is 1.22. The fourth-order valence-corrected chi connectivity index (χ4v) is 2.60. The van der Waals surface area contributed by atoms with E-state index in [0.29, 0.717) is 0 Å². The zero-order valence-electron chi connectivity index (χ0n) is 9.12. The van der Waals surface area contributed by atoms with E-state index in [0.717, 1.165) is 31.0 Å². The molecule has 0 saturated heterocycles.